The van der Waals surface area contributed by atoms with Crippen molar-refractivity contribution in [2.75, 3.05) is 23.3 Å². The molecule has 1 unspecified atom stereocenters. The summed E-state index contributed by atoms with van der Waals surface area (Å²) in [5.41, 5.74) is 1.25. The van der Waals surface area contributed by atoms with Crippen molar-refractivity contribution in [3.8, 4) is 0 Å². The average Bonchev–Trinajstić information content (AvgIpc) is 3.61. The molecule has 0 radical (unpaired) electrons. The van der Waals surface area contributed by atoms with Crippen LogP contribution in [0, 0.1) is 29.6 Å². The van der Waals surface area contributed by atoms with E-state index in [1.807, 2.05) is 6.92 Å². The Morgan fingerprint density at radius 2 is 1.87 bits per heavy atom. The normalized spacial score (nSPS) is 28.0. The number of aromatic nitrogens is 1. The second-order valence-corrected chi connectivity index (χ2v) is 15.1. The number of benzene rings is 1. The van der Waals surface area contributed by atoms with E-state index in [1.54, 1.807) is 25.1 Å². The van der Waals surface area contributed by atoms with E-state index >= 15 is 0 Å². The van der Waals surface area contributed by atoms with Gasteiger partial charge in [0, 0.05) is 31.0 Å². The van der Waals surface area contributed by atoms with Gasteiger partial charge in [0.2, 0.25) is 0 Å². The largest absolute Gasteiger partial charge is 0.465 e. The smallest absolute Gasteiger partial charge is 0.336 e. The Bertz CT molecular complexity index is 1680. The molecule has 2 aromatic rings. The first-order valence-corrected chi connectivity index (χ1v) is 17.3. The summed E-state index contributed by atoms with van der Waals surface area (Å²) in [5, 5.41) is 7.16. The summed E-state index contributed by atoms with van der Waals surface area (Å²) < 4.78 is 49.9. The Hall–Kier alpha value is -4.13. The number of nitrogens with zero attached hydrogens (tertiary/aromatic N) is 1. The standard InChI is InChI=1S/C34H43N3O9S/c1-20-7-12-29-33(5,15-13-30(45-23(4)39)34(29,6)19-44-22(3)38)27(20)18-28(26-14-16-43-32(26)40)35-24-8-10-25(11-9-24)47(41,42)37-31-17-21(2)46-36-31/h8-11,14,17,27-30,35H,1,7,12-13,15-16,18-19H2,2-6H3,(H,36,37)/t27-,28?,29+,30-,33+,34+/m1/s1. The third-order valence-electron chi connectivity index (χ3n) is 10.2. The molecule has 1 aliphatic heterocycles. The summed E-state index contributed by atoms with van der Waals surface area (Å²) in [5.74, 6) is -0.632. The molecule has 1 aromatic heterocycles. The van der Waals surface area contributed by atoms with Crippen molar-refractivity contribution in [3.63, 3.8) is 0 Å². The molecular formula is C34H43N3O9S. The van der Waals surface area contributed by atoms with Crippen LogP contribution in [-0.4, -0.2) is 56.8 Å². The predicted molar refractivity (Wildman–Crippen MR) is 173 cm³/mol. The lowest BCUT2D eigenvalue weighted by molar-refractivity contribution is -0.191. The maximum absolute atomic E-state index is 12.9. The number of hydrogen-bond donors (Lipinski definition) is 2. The monoisotopic (exact) mass is 669 g/mol. The van der Waals surface area contributed by atoms with Crippen molar-refractivity contribution >= 4 is 39.4 Å². The minimum absolute atomic E-state index is 0.0265. The lowest BCUT2D eigenvalue weighted by Gasteiger charge is -2.60. The van der Waals surface area contributed by atoms with E-state index < -0.39 is 39.5 Å². The van der Waals surface area contributed by atoms with Gasteiger partial charge in [0.25, 0.3) is 10.0 Å². The molecule has 0 bridgehead atoms. The molecule has 2 aliphatic carbocycles. The van der Waals surface area contributed by atoms with E-state index in [2.05, 4.69) is 28.7 Å². The van der Waals surface area contributed by atoms with Crippen LogP contribution in [0.25, 0.3) is 0 Å². The predicted octanol–water partition coefficient (Wildman–Crippen LogP) is 5.32. The summed E-state index contributed by atoms with van der Waals surface area (Å²) >= 11 is 0. The van der Waals surface area contributed by atoms with Crippen LogP contribution in [0.15, 0.2) is 63.6 Å². The van der Waals surface area contributed by atoms with Gasteiger partial charge < -0.3 is 24.1 Å². The summed E-state index contributed by atoms with van der Waals surface area (Å²) in [7, 11) is -3.91. The van der Waals surface area contributed by atoms with Crippen molar-refractivity contribution < 1.29 is 41.5 Å². The Morgan fingerprint density at radius 1 is 1.15 bits per heavy atom. The molecular weight excluding hydrogens is 626 g/mol. The van der Waals surface area contributed by atoms with Crippen LogP contribution in [0.2, 0.25) is 0 Å². The molecule has 2 heterocycles. The fourth-order valence-electron chi connectivity index (χ4n) is 7.95. The van der Waals surface area contributed by atoms with E-state index in [0.717, 1.165) is 24.8 Å². The molecule has 0 spiro atoms. The van der Waals surface area contributed by atoms with Gasteiger partial charge in [0.15, 0.2) is 5.82 Å². The first-order valence-electron chi connectivity index (χ1n) is 15.8. The number of anilines is 2. The number of hydrogen-bond acceptors (Lipinski definition) is 11. The highest BCUT2D eigenvalue weighted by molar-refractivity contribution is 7.92. The van der Waals surface area contributed by atoms with Crippen molar-refractivity contribution in [2.45, 2.75) is 83.8 Å². The van der Waals surface area contributed by atoms with E-state index in [0.29, 0.717) is 29.9 Å². The van der Waals surface area contributed by atoms with Crippen LogP contribution in [-0.2, 0) is 38.6 Å². The highest BCUT2D eigenvalue weighted by Gasteiger charge is 2.60. The lowest BCUT2D eigenvalue weighted by atomic mass is 9.46. The van der Waals surface area contributed by atoms with Gasteiger partial charge in [-0.3, -0.25) is 14.3 Å². The van der Waals surface area contributed by atoms with Gasteiger partial charge >= 0.3 is 17.9 Å². The first kappa shape index (κ1) is 34.2. The van der Waals surface area contributed by atoms with E-state index in [4.69, 9.17) is 18.7 Å². The van der Waals surface area contributed by atoms with E-state index in [1.165, 1.54) is 32.0 Å². The van der Waals surface area contributed by atoms with Crippen LogP contribution >= 0.6 is 0 Å². The second-order valence-electron chi connectivity index (χ2n) is 13.4. The zero-order valence-corrected chi connectivity index (χ0v) is 28.3. The van der Waals surface area contributed by atoms with Gasteiger partial charge in [-0.25, -0.2) is 13.2 Å². The number of nitrogens with one attached hydrogen (secondary N) is 2. The lowest BCUT2D eigenvalue weighted by Crippen LogP contribution is -2.59. The number of carbonyl (C=O) groups excluding carboxylic acids is 3. The number of aryl methyl sites for hydroxylation is 1. The number of esters is 3. The molecule has 47 heavy (non-hydrogen) atoms. The molecule has 254 valence electrons. The number of carbonyl (C=O) groups is 3. The highest BCUT2D eigenvalue weighted by atomic mass is 32.2. The molecule has 13 heteroatoms. The molecule has 5 rings (SSSR count). The maximum atomic E-state index is 12.9. The van der Waals surface area contributed by atoms with Gasteiger partial charge in [-0.05, 0) is 86.6 Å². The van der Waals surface area contributed by atoms with Crippen molar-refractivity contribution in [1.82, 2.24) is 5.16 Å². The van der Waals surface area contributed by atoms with E-state index in [9.17, 15) is 22.8 Å². The van der Waals surface area contributed by atoms with Gasteiger partial charge in [-0.1, -0.05) is 31.2 Å². The molecule has 1 aromatic carbocycles. The van der Waals surface area contributed by atoms with Gasteiger partial charge in [0.05, 0.1) is 16.5 Å². The molecule has 2 fully saturated rings. The van der Waals surface area contributed by atoms with Gasteiger partial charge in [-0.15, -0.1) is 0 Å². The third kappa shape index (κ3) is 7.09. The Kier molecular flexibility index (Phi) is 9.59. The van der Waals surface area contributed by atoms with Gasteiger partial charge in [-0.2, -0.15) is 0 Å². The first-order chi connectivity index (χ1) is 22.1. The van der Waals surface area contributed by atoms with Crippen LogP contribution in [0.4, 0.5) is 11.5 Å². The zero-order chi connectivity index (χ0) is 34.1. The maximum Gasteiger partial charge on any atom is 0.336 e. The van der Waals surface area contributed by atoms with Gasteiger partial charge in [0.1, 0.15) is 25.1 Å². The van der Waals surface area contributed by atoms with Crippen LogP contribution in [0.1, 0.15) is 65.6 Å². The summed E-state index contributed by atoms with van der Waals surface area (Å²) in [4.78, 5) is 37.0. The van der Waals surface area contributed by atoms with Crippen molar-refractivity contribution in [3.05, 3.63) is 59.9 Å². The van der Waals surface area contributed by atoms with Crippen LogP contribution in [0.5, 0.6) is 0 Å². The number of ether oxygens (including phenoxy) is 3. The minimum atomic E-state index is -3.91. The number of rotatable bonds is 11. The number of allylic oxidation sites excluding steroid dienone is 1. The number of cyclic esters (lactones) is 1. The Morgan fingerprint density at radius 3 is 2.47 bits per heavy atom. The molecule has 2 saturated carbocycles. The fourth-order valence-corrected chi connectivity index (χ4v) is 8.93. The van der Waals surface area contributed by atoms with Crippen LogP contribution in [0.3, 0.4) is 0 Å². The van der Waals surface area contributed by atoms with Crippen LogP contribution < -0.4 is 10.0 Å². The summed E-state index contributed by atoms with van der Waals surface area (Å²) in [6.07, 6.45) is 4.74. The number of fused-ring (bicyclic) bond motifs is 1. The Balaban J connectivity index is 1.41. The SMILES string of the molecule is C=C1CC[C@@H]2[C@](C)(COC(C)=O)[C@H](OC(C)=O)CC[C@@]2(C)[C@@H]1CC(Nc1ccc(S(=O)(=O)Nc2cc(C)on2)cc1)C1=CCOC1=O. The minimum Gasteiger partial charge on any atom is -0.465 e. The molecule has 2 N–H and O–H groups in total. The molecule has 6 atom stereocenters. The quantitative estimate of drug-likeness (QED) is 0.181. The van der Waals surface area contributed by atoms with Crippen molar-refractivity contribution in [1.29, 1.82) is 0 Å². The topological polar surface area (TPSA) is 163 Å². The number of sulfonamides is 1. The van der Waals surface area contributed by atoms with Crippen molar-refractivity contribution in [2.24, 2.45) is 22.7 Å². The molecule has 0 amide bonds. The molecule has 0 saturated heterocycles. The summed E-state index contributed by atoms with van der Waals surface area (Å²) in [6, 6.07) is 7.27. The fraction of sp³-hybridized carbons (Fsp3) is 0.529. The second kappa shape index (κ2) is 13.2. The molecule has 12 nitrogen and oxygen atoms in total. The third-order valence-corrected chi connectivity index (χ3v) is 11.6. The molecule has 3 aliphatic rings. The zero-order valence-electron chi connectivity index (χ0n) is 27.5. The summed E-state index contributed by atoms with van der Waals surface area (Å²) in [6.45, 7) is 13.5. The highest BCUT2D eigenvalue weighted by Crippen LogP contribution is 2.62. The Labute approximate surface area is 275 Å². The average molecular weight is 670 g/mol. The van der Waals surface area contributed by atoms with E-state index in [-0.39, 0.29) is 47.1 Å².